The summed E-state index contributed by atoms with van der Waals surface area (Å²) < 4.78 is 0. The van der Waals surface area contributed by atoms with Crippen LogP contribution in [0.2, 0.25) is 0 Å². The number of hydrogen-bond donors (Lipinski definition) is 0. The zero-order valence-electron chi connectivity index (χ0n) is 15.1. The van der Waals surface area contributed by atoms with Gasteiger partial charge in [-0.2, -0.15) is 0 Å². The van der Waals surface area contributed by atoms with Gasteiger partial charge < -0.3 is 9.80 Å². The maximum atomic E-state index is 12.7. The molecule has 0 saturated carbocycles. The molecular weight excluding hydrogens is 302 g/mol. The minimum absolute atomic E-state index is 0.102. The summed E-state index contributed by atoms with van der Waals surface area (Å²) in [6.45, 7) is 11.0. The highest BCUT2D eigenvalue weighted by Crippen LogP contribution is 2.13. The first-order valence-electron chi connectivity index (χ1n) is 8.91. The quantitative estimate of drug-likeness (QED) is 0.829. The lowest BCUT2D eigenvalue weighted by atomic mass is 10.1. The molecule has 2 rings (SSSR count). The van der Waals surface area contributed by atoms with Gasteiger partial charge in [-0.3, -0.25) is 14.5 Å². The summed E-state index contributed by atoms with van der Waals surface area (Å²) in [6.07, 6.45) is 0.906. The fraction of sp³-hybridized carbons (Fsp3) is 0.579. The number of carbonyl (C=O) groups excluding carboxylic acids is 2. The van der Waals surface area contributed by atoms with Crippen LogP contribution in [-0.2, 0) is 4.79 Å². The second-order valence-corrected chi connectivity index (χ2v) is 6.30. The number of nitrogens with zero attached hydrogens (tertiary/aromatic N) is 3. The van der Waals surface area contributed by atoms with Crippen molar-refractivity contribution in [2.24, 2.45) is 0 Å². The van der Waals surface area contributed by atoms with E-state index in [0.29, 0.717) is 13.1 Å². The highest BCUT2D eigenvalue weighted by molar-refractivity contribution is 5.95. The molecule has 0 radical (unpaired) electrons. The second kappa shape index (κ2) is 8.83. The van der Waals surface area contributed by atoms with E-state index in [1.807, 2.05) is 54.8 Å². The number of carbonyl (C=O) groups is 2. The molecule has 132 valence electrons. The van der Waals surface area contributed by atoms with E-state index in [1.165, 1.54) is 0 Å². The van der Waals surface area contributed by atoms with E-state index < -0.39 is 0 Å². The van der Waals surface area contributed by atoms with Crippen LogP contribution in [0.25, 0.3) is 0 Å². The van der Waals surface area contributed by atoms with E-state index in [-0.39, 0.29) is 11.8 Å². The van der Waals surface area contributed by atoms with Gasteiger partial charge in [-0.1, -0.05) is 18.2 Å². The van der Waals surface area contributed by atoms with Crippen molar-refractivity contribution in [3.63, 3.8) is 0 Å². The Balaban J connectivity index is 1.94. The highest BCUT2D eigenvalue weighted by atomic mass is 16.2. The minimum atomic E-state index is 0.102. The van der Waals surface area contributed by atoms with Gasteiger partial charge in [0.15, 0.2) is 0 Å². The molecule has 5 heteroatoms. The highest BCUT2D eigenvalue weighted by Gasteiger charge is 2.23. The van der Waals surface area contributed by atoms with Crippen LogP contribution in [0.1, 0.15) is 36.2 Å². The van der Waals surface area contributed by atoms with E-state index in [2.05, 4.69) is 4.90 Å². The molecule has 1 aliphatic heterocycles. The first-order valence-corrected chi connectivity index (χ1v) is 8.91. The van der Waals surface area contributed by atoms with Gasteiger partial charge in [-0.05, 0) is 38.8 Å². The molecule has 0 unspecified atom stereocenters. The summed E-state index contributed by atoms with van der Waals surface area (Å²) in [6, 6.07) is 7.73. The third-order valence-corrected chi connectivity index (χ3v) is 4.73. The average Bonchev–Trinajstić information content (AvgIpc) is 2.81. The topological polar surface area (TPSA) is 43.9 Å². The SMILES string of the molecule is CCN(CC)C(=O)CN1CCCN(C(=O)c2ccccc2C)CC1. The zero-order valence-corrected chi connectivity index (χ0v) is 15.1. The van der Waals surface area contributed by atoms with Crippen molar-refractivity contribution in [2.45, 2.75) is 27.2 Å². The van der Waals surface area contributed by atoms with Crippen LogP contribution >= 0.6 is 0 Å². The van der Waals surface area contributed by atoms with Gasteiger partial charge in [-0.15, -0.1) is 0 Å². The Labute approximate surface area is 145 Å². The Bertz CT molecular complexity index is 569. The molecule has 0 aliphatic carbocycles. The van der Waals surface area contributed by atoms with E-state index in [9.17, 15) is 9.59 Å². The van der Waals surface area contributed by atoms with Crippen LogP contribution < -0.4 is 0 Å². The molecule has 0 N–H and O–H groups in total. The van der Waals surface area contributed by atoms with Gasteiger partial charge in [0.25, 0.3) is 5.91 Å². The Kier molecular flexibility index (Phi) is 6.79. The molecule has 0 spiro atoms. The summed E-state index contributed by atoms with van der Waals surface area (Å²) >= 11 is 0. The second-order valence-electron chi connectivity index (χ2n) is 6.30. The Morgan fingerprint density at radius 3 is 2.42 bits per heavy atom. The lowest BCUT2D eigenvalue weighted by Gasteiger charge is -2.25. The predicted octanol–water partition coefficient (Wildman–Crippen LogP) is 2.01. The van der Waals surface area contributed by atoms with Crippen LogP contribution in [0.3, 0.4) is 0 Å². The van der Waals surface area contributed by atoms with Gasteiger partial charge >= 0.3 is 0 Å². The number of benzene rings is 1. The van der Waals surface area contributed by atoms with Gasteiger partial charge in [0.2, 0.25) is 5.91 Å². The fourth-order valence-corrected chi connectivity index (χ4v) is 3.18. The normalized spacial score (nSPS) is 15.9. The first-order chi connectivity index (χ1) is 11.6. The molecule has 1 saturated heterocycles. The molecule has 2 amide bonds. The van der Waals surface area contributed by atoms with Gasteiger partial charge in [0.1, 0.15) is 0 Å². The minimum Gasteiger partial charge on any atom is -0.342 e. The summed E-state index contributed by atoms with van der Waals surface area (Å²) in [4.78, 5) is 31.0. The lowest BCUT2D eigenvalue weighted by molar-refractivity contribution is -0.132. The predicted molar refractivity (Wildman–Crippen MR) is 96.1 cm³/mol. The molecule has 5 nitrogen and oxygen atoms in total. The Morgan fingerprint density at radius 1 is 1.04 bits per heavy atom. The molecular formula is C19H29N3O2. The molecule has 1 fully saturated rings. The summed E-state index contributed by atoms with van der Waals surface area (Å²) in [5.74, 6) is 0.281. The van der Waals surface area contributed by atoms with Crippen molar-refractivity contribution in [2.75, 3.05) is 45.8 Å². The van der Waals surface area contributed by atoms with Crippen molar-refractivity contribution in [3.05, 3.63) is 35.4 Å². The van der Waals surface area contributed by atoms with Crippen molar-refractivity contribution >= 4 is 11.8 Å². The van der Waals surface area contributed by atoms with E-state index in [1.54, 1.807) is 0 Å². The van der Waals surface area contributed by atoms with Crippen molar-refractivity contribution in [1.29, 1.82) is 0 Å². The molecule has 1 aromatic carbocycles. The van der Waals surface area contributed by atoms with Gasteiger partial charge in [0, 0.05) is 44.8 Å². The number of rotatable bonds is 5. The van der Waals surface area contributed by atoms with Crippen molar-refractivity contribution in [1.82, 2.24) is 14.7 Å². The van der Waals surface area contributed by atoms with Crippen LogP contribution in [0.5, 0.6) is 0 Å². The summed E-state index contributed by atoms with van der Waals surface area (Å²) in [7, 11) is 0. The lowest BCUT2D eigenvalue weighted by Crippen LogP contribution is -2.42. The van der Waals surface area contributed by atoms with Crippen molar-refractivity contribution < 1.29 is 9.59 Å². The molecule has 0 aromatic heterocycles. The largest absolute Gasteiger partial charge is 0.342 e. The number of hydrogen-bond acceptors (Lipinski definition) is 3. The van der Waals surface area contributed by atoms with E-state index >= 15 is 0 Å². The molecule has 0 bridgehead atoms. The van der Waals surface area contributed by atoms with Gasteiger partial charge in [0.05, 0.1) is 6.54 Å². The number of aryl methyl sites for hydroxylation is 1. The molecule has 1 aliphatic rings. The standard InChI is InChI=1S/C19H29N3O2/c1-4-21(5-2)18(23)15-20-11-8-12-22(14-13-20)19(24)17-10-7-6-9-16(17)3/h6-7,9-10H,4-5,8,11-15H2,1-3H3. The van der Waals surface area contributed by atoms with Crippen LogP contribution in [0, 0.1) is 6.92 Å². The number of amides is 2. The first kappa shape index (κ1) is 18.5. The number of likely N-dealkylation sites (N-methyl/N-ethyl adjacent to an activating group) is 1. The molecule has 1 heterocycles. The Morgan fingerprint density at radius 2 is 1.75 bits per heavy atom. The van der Waals surface area contributed by atoms with E-state index in [4.69, 9.17) is 0 Å². The zero-order chi connectivity index (χ0) is 17.5. The van der Waals surface area contributed by atoms with Crippen LogP contribution in [-0.4, -0.2) is 72.3 Å². The third kappa shape index (κ3) is 4.57. The molecule has 0 atom stereocenters. The summed E-state index contributed by atoms with van der Waals surface area (Å²) in [5.41, 5.74) is 1.80. The van der Waals surface area contributed by atoms with Crippen molar-refractivity contribution in [3.8, 4) is 0 Å². The maximum Gasteiger partial charge on any atom is 0.254 e. The third-order valence-electron chi connectivity index (χ3n) is 4.73. The molecule has 24 heavy (non-hydrogen) atoms. The molecule has 1 aromatic rings. The monoisotopic (exact) mass is 331 g/mol. The smallest absolute Gasteiger partial charge is 0.254 e. The summed E-state index contributed by atoms with van der Waals surface area (Å²) in [5, 5.41) is 0. The van der Waals surface area contributed by atoms with Crippen LogP contribution in [0.15, 0.2) is 24.3 Å². The van der Waals surface area contributed by atoms with Crippen LogP contribution in [0.4, 0.5) is 0 Å². The average molecular weight is 331 g/mol. The van der Waals surface area contributed by atoms with Gasteiger partial charge in [-0.25, -0.2) is 0 Å². The fourth-order valence-electron chi connectivity index (χ4n) is 3.18. The van der Waals surface area contributed by atoms with E-state index in [0.717, 1.165) is 50.3 Å². The maximum absolute atomic E-state index is 12.7. The Hall–Kier alpha value is -1.88.